The Morgan fingerprint density at radius 2 is 1.94 bits per heavy atom. The number of amides is 1. The molecule has 2 unspecified atom stereocenters. The van der Waals surface area contributed by atoms with Gasteiger partial charge in [-0.2, -0.15) is 13.2 Å². The van der Waals surface area contributed by atoms with Crippen molar-refractivity contribution >= 4 is 5.91 Å². The molecule has 3 nitrogen and oxygen atoms in total. The highest BCUT2D eigenvalue weighted by atomic mass is 19.4. The van der Waals surface area contributed by atoms with Gasteiger partial charge in [0.2, 0.25) is 5.91 Å². The summed E-state index contributed by atoms with van der Waals surface area (Å²) in [5.74, 6) is -1.79. The van der Waals surface area contributed by atoms with Crippen LogP contribution in [0.1, 0.15) is 32.1 Å². The number of carbonyl (C=O) groups excluding carboxylic acids is 1. The fraction of sp³-hybridized carbons (Fsp3) is 0.900. The van der Waals surface area contributed by atoms with Crippen molar-refractivity contribution in [2.75, 3.05) is 6.54 Å². The second-order valence-corrected chi connectivity index (χ2v) is 4.15. The predicted molar refractivity (Wildman–Crippen MR) is 53.6 cm³/mol. The third-order valence-corrected chi connectivity index (χ3v) is 2.90. The summed E-state index contributed by atoms with van der Waals surface area (Å²) in [5.41, 5.74) is 5.17. The van der Waals surface area contributed by atoms with E-state index in [4.69, 9.17) is 5.73 Å². The van der Waals surface area contributed by atoms with Crippen molar-refractivity contribution in [1.82, 2.24) is 5.32 Å². The molecule has 0 aliphatic heterocycles. The van der Waals surface area contributed by atoms with Crippen molar-refractivity contribution in [1.29, 1.82) is 0 Å². The Kier molecular flexibility index (Phi) is 4.58. The first-order valence-corrected chi connectivity index (χ1v) is 5.51. The Morgan fingerprint density at radius 1 is 1.31 bits per heavy atom. The molecule has 1 aliphatic rings. The van der Waals surface area contributed by atoms with Gasteiger partial charge in [0.05, 0.1) is 5.92 Å². The monoisotopic (exact) mass is 238 g/mol. The molecule has 6 heteroatoms. The first kappa shape index (κ1) is 13.3. The summed E-state index contributed by atoms with van der Waals surface area (Å²) in [6.07, 6.45) is -2.31. The van der Waals surface area contributed by atoms with Crippen LogP contribution in [0.5, 0.6) is 0 Å². The normalized spacial score (nSPS) is 26.5. The van der Waals surface area contributed by atoms with Crippen molar-refractivity contribution in [2.45, 2.75) is 44.3 Å². The van der Waals surface area contributed by atoms with Gasteiger partial charge in [-0.3, -0.25) is 4.79 Å². The minimum absolute atomic E-state index is 0.0844. The smallest absolute Gasteiger partial charge is 0.353 e. The molecule has 1 amide bonds. The molecular weight excluding hydrogens is 221 g/mol. The molecule has 16 heavy (non-hydrogen) atoms. The number of alkyl halides is 3. The van der Waals surface area contributed by atoms with Crippen LogP contribution in [0.4, 0.5) is 13.2 Å². The molecule has 0 aromatic carbocycles. The highest BCUT2D eigenvalue weighted by molar-refractivity contribution is 5.76. The van der Waals surface area contributed by atoms with E-state index in [9.17, 15) is 18.0 Å². The Bertz CT molecular complexity index is 243. The first-order valence-electron chi connectivity index (χ1n) is 5.51. The van der Waals surface area contributed by atoms with Crippen LogP contribution in [-0.2, 0) is 4.79 Å². The van der Waals surface area contributed by atoms with Gasteiger partial charge in [0, 0.05) is 19.0 Å². The van der Waals surface area contributed by atoms with Crippen LogP contribution in [0.25, 0.3) is 0 Å². The van der Waals surface area contributed by atoms with E-state index in [0.29, 0.717) is 12.8 Å². The first-order chi connectivity index (χ1) is 7.45. The van der Waals surface area contributed by atoms with Gasteiger partial charge in [0.1, 0.15) is 0 Å². The summed E-state index contributed by atoms with van der Waals surface area (Å²) in [4.78, 5) is 11.2. The van der Waals surface area contributed by atoms with Crippen LogP contribution in [-0.4, -0.2) is 24.7 Å². The summed E-state index contributed by atoms with van der Waals surface area (Å²) < 4.78 is 38.0. The summed E-state index contributed by atoms with van der Waals surface area (Å²) in [6, 6.07) is -0.771. The van der Waals surface area contributed by atoms with Gasteiger partial charge in [-0.1, -0.05) is 12.8 Å². The number of halogens is 3. The molecule has 1 fully saturated rings. The Labute approximate surface area is 92.6 Å². The number of hydrogen-bond acceptors (Lipinski definition) is 2. The van der Waals surface area contributed by atoms with E-state index >= 15 is 0 Å². The molecule has 3 N–H and O–H groups in total. The van der Waals surface area contributed by atoms with E-state index in [2.05, 4.69) is 5.32 Å². The molecule has 0 spiro atoms. The topological polar surface area (TPSA) is 55.1 Å². The summed E-state index contributed by atoms with van der Waals surface area (Å²) in [6.45, 7) is 0.162. The van der Waals surface area contributed by atoms with Crippen LogP contribution in [0.15, 0.2) is 0 Å². The van der Waals surface area contributed by atoms with Crippen LogP contribution < -0.4 is 11.1 Å². The lowest BCUT2D eigenvalue weighted by Gasteiger charge is -2.33. The maximum absolute atomic E-state index is 12.7. The van der Waals surface area contributed by atoms with Crippen molar-refractivity contribution in [2.24, 2.45) is 11.7 Å². The quantitative estimate of drug-likeness (QED) is 0.784. The maximum atomic E-state index is 12.7. The lowest BCUT2D eigenvalue weighted by Crippen LogP contribution is -2.47. The molecule has 1 rings (SSSR count). The summed E-state index contributed by atoms with van der Waals surface area (Å²) >= 11 is 0. The lowest BCUT2D eigenvalue weighted by atomic mass is 9.84. The molecule has 0 saturated heterocycles. The molecule has 0 heterocycles. The minimum atomic E-state index is -4.22. The average Bonchev–Trinajstić information content (AvgIpc) is 2.17. The summed E-state index contributed by atoms with van der Waals surface area (Å²) in [7, 11) is 0. The highest BCUT2D eigenvalue weighted by Crippen LogP contribution is 2.37. The number of nitrogens with one attached hydrogen (secondary N) is 1. The number of hydrogen-bond donors (Lipinski definition) is 2. The van der Waals surface area contributed by atoms with Gasteiger partial charge < -0.3 is 11.1 Å². The molecule has 2 atom stereocenters. The van der Waals surface area contributed by atoms with Crippen LogP contribution in [0, 0.1) is 5.92 Å². The molecular formula is C10H17F3N2O. The van der Waals surface area contributed by atoms with Gasteiger partial charge in [-0.15, -0.1) is 0 Å². The second kappa shape index (κ2) is 5.52. The lowest BCUT2D eigenvalue weighted by molar-refractivity contribution is -0.189. The number of carbonyl (C=O) groups is 1. The Balaban J connectivity index is 2.57. The third-order valence-electron chi connectivity index (χ3n) is 2.90. The van der Waals surface area contributed by atoms with E-state index in [-0.39, 0.29) is 25.3 Å². The zero-order valence-corrected chi connectivity index (χ0v) is 9.02. The van der Waals surface area contributed by atoms with Crippen LogP contribution in [0.3, 0.4) is 0 Å². The van der Waals surface area contributed by atoms with E-state index < -0.39 is 18.1 Å². The van der Waals surface area contributed by atoms with Crippen molar-refractivity contribution < 1.29 is 18.0 Å². The van der Waals surface area contributed by atoms with Gasteiger partial charge in [0.15, 0.2) is 0 Å². The fourth-order valence-corrected chi connectivity index (χ4v) is 2.11. The maximum Gasteiger partial charge on any atom is 0.393 e. The second-order valence-electron chi connectivity index (χ2n) is 4.15. The van der Waals surface area contributed by atoms with Crippen molar-refractivity contribution in [3.63, 3.8) is 0 Å². The van der Waals surface area contributed by atoms with Gasteiger partial charge in [0.25, 0.3) is 0 Å². The van der Waals surface area contributed by atoms with Crippen molar-refractivity contribution in [3.8, 4) is 0 Å². The predicted octanol–water partition coefficient (Wildman–Crippen LogP) is 1.57. The SMILES string of the molecule is NCCC(=O)NC1CCCCC1C(F)(F)F. The average molecular weight is 238 g/mol. The van der Waals surface area contributed by atoms with Gasteiger partial charge in [-0.25, -0.2) is 0 Å². The summed E-state index contributed by atoms with van der Waals surface area (Å²) in [5, 5.41) is 2.44. The molecule has 1 aliphatic carbocycles. The van der Waals surface area contributed by atoms with Crippen LogP contribution in [0.2, 0.25) is 0 Å². The van der Waals surface area contributed by atoms with E-state index in [1.807, 2.05) is 0 Å². The largest absolute Gasteiger partial charge is 0.393 e. The Morgan fingerprint density at radius 3 is 2.50 bits per heavy atom. The molecule has 0 bridgehead atoms. The molecule has 1 saturated carbocycles. The van der Waals surface area contributed by atoms with Crippen LogP contribution >= 0.6 is 0 Å². The van der Waals surface area contributed by atoms with E-state index in [1.165, 1.54) is 0 Å². The van der Waals surface area contributed by atoms with Crippen molar-refractivity contribution in [3.05, 3.63) is 0 Å². The number of rotatable bonds is 3. The van der Waals surface area contributed by atoms with Gasteiger partial charge >= 0.3 is 6.18 Å². The highest BCUT2D eigenvalue weighted by Gasteiger charge is 2.45. The van der Waals surface area contributed by atoms with E-state index in [1.54, 1.807) is 0 Å². The zero-order chi connectivity index (χ0) is 12.2. The molecule has 0 aromatic heterocycles. The third kappa shape index (κ3) is 3.66. The molecule has 0 radical (unpaired) electrons. The minimum Gasteiger partial charge on any atom is -0.353 e. The van der Waals surface area contributed by atoms with Gasteiger partial charge in [-0.05, 0) is 12.8 Å². The van der Waals surface area contributed by atoms with E-state index in [0.717, 1.165) is 6.42 Å². The standard InChI is InChI=1S/C10H17F3N2O/c11-10(12,13)7-3-1-2-4-8(7)15-9(16)5-6-14/h7-8H,1-6,14H2,(H,15,16). The Hall–Kier alpha value is -0.780. The molecule has 0 aromatic rings. The fourth-order valence-electron chi connectivity index (χ4n) is 2.11. The molecule has 94 valence electrons. The number of nitrogens with two attached hydrogens (primary N) is 1. The zero-order valence-electron chi connectivity index (χ0n) is 9.02.